The summed E-state index contributed by atoms with van der Waals surface area (Å²) in [6.45, 7) is 4.78. The fourth-order valence-electron chi connectivity index (χ4n) is 2.36. The van der Waals surface area contributed by atoms with Gasteiger partial charge in [0.2, 0.25) is 0 Å². The minimum Gasteiger partial charge on any atom is -0.366 e. The molecule has 0 radical (unpaired) electrons. The quantitative estimate of drug-likeness (QED) is 0.908. The number of benzene rings is 2. The van der Waals surface area contributed by atoms with E-state index in [9.17, 15) is 0 Å². The molecule has 2 nitrogen and oxygen atoms in total. The summed E-state index contributed by atoms with van der Waals surface area (Å²) >= 11 is 3.60. The summed E-state index contributed by atoms with van der Waals surface area (Å²) in [6, 6.07) is 15.1. The summed E-state index contributed by atoms with van der Waals surface area (Å²) in [5.41, 5.74) is 10.9. The van der Waals surface area contributed by atoms with Crippen LogP contribution >= 0.6 is 15.9 Å². The molecule has 2 N–H and O–H groups in total. The van der Waals surface area contributed by atoms with E-state index in [1.807, 2.05) is 0 Å². The van der Waals surface area contributed by atoms with Gasteiger partial charge < -0.3 is 10.6 Å². The first-order chi connectivity index (χ1) is 9.52. The van der Waals surface area contributed by atoms with Gasteiger partial charge in [0.1, 0.15) is 0 Å². The second-order valence-corrected chi connectivity index (χ2v) is 6.06. The van der Waals surface area contributed by atoms with Crippen molar-refractivity contribution in [2.24, 2.45) is 5.73 Å². The van der Waals surface area contributed by atoms with Crippen LogP contribution in [0.1, 0.15) is 22.7 Å². The number of hydrogen-bond acceptors (Lipinski definition) is 2. The van der Waals surface area contributed by atoms with Gasteiger partial charge in [-0.3, -0.25) is 0 Å². The molecule has 2 aromatic rings. The van der Waals surface area contributed by atoms with Crippen molar-refractivity contribution < 1.29 is 0 Å². The molecule has 3 heteroatoms. The van der Waals surface area contributed by atoms with Crippen LogP contribution in [-0.4, -0.2) is 13.6 Å². The maximum Gasteiger partial charge on any atom is 0.0661 e. The lowest BCUT2D eigenvalue weighted by Gasteiger charge is -2.30. The number of rotatable bonds is 4. The van der Waals surface area contributed by atoms with Crippen LogP contribution in [0.4, 0.5) is 5.69 Å². The topological polar surface area (TPSA) is 29.3 Å². The zero-order valence-corrected chi connectivity index (χ0v) is 13.8. The van der Waals surface area contributed by atoms with Gasteiger partial charge in [-0.05, 0) is 48.7 Å². The van der Waals surface area contributed by atoms with Crippen molar-refractivity contribution in [2.75, 3.05) is 18.5 Å². The summed E-state index contributed by atoms with van der Waals surface area (Å²) < 4.78 is 1.13. The van der Waals surface area contributed by atoms with Crippen LogP contribution in [-0.2, 0) is 0 Å². The summed E-state index contributed by atoms with van der Waals surface area (Å²) in [6.07, 6.45) is 0. The van der Waals surface area contributed by atoms with Crippen molar-refractivity contribution in [3.8, 4) is 0 Å². The Balaban J connectivity index is 2.33. The molecule has 0 heterocycles. The smallest absolute Gasteiger partial charge is 0.0661 e. The first-order valence-electron chi connectivity index (χ1n) is 6.78. The summed E-state index contributed by atoms with van der Waals surface area (Å²) in [5, 5.41) is 0. The monoisotopic (exact) mass is 332 g/mol. The van der Waals surface area contributed by atoms with Crippen molar-refractivity contribution in [1.29, 1.82) is 0 Å². The fraction of sp³-hybridized carbons (Fsp3) is 0.294. The molecule has 0 aromatic heterocycles. The normalized spacial score (nSPS) is 12.2. The Bertz CT molecular complexity index is 595. The summed E-state index contributed by atoms with van der Waals surface area (Å²) in [5.74, 6) is 0. The average molecular weight is 333 g/mol. The lowest BCUT2D eigenvalue weighted by molar-refractivity contribution is 0.680. The minimum atomic E-state index is 0.175. The van der Waals surface area contributed by atoms with Crippen molar-refractivity contribution >= 4 is 21.6 Å². The Morgan fingerprint density at radius 2 is 1.90 bits per heavy atom. The predicted molar refractivity (Wildman–Crippen MR) is 90.3 cm³/mol. The number of nitrogens with zero attached hydrogens (tertiary/aromatic N) is 1. The second kappa shape index (κ2) is 6.42. The molecular formula is C17H21BrN2. The SMILES string of the molecule is Cc1cccc(N(C)C(CN)c2ccc(C)c(Br)c2)c1. The highest BCUT2D eigenvalue weighted by Gasteiger charge is 2.16. The van der Waals surface area contributed by atoms with E-state index in [0.717, 1.165) is 4.47 Å². The van der Waals surface area contributed by atoms with Crippen molar-refractivity contribution in [2.45, 2.75) is 19.9 Å². The number of halogens is 1. The van der Waals surface area contributed by atoms with E-state index in [4.69, 9.17) is 5.73 Å². The zero-order chi connectivity index (χ0) is 14.7. The van der Waals surface area contributed by atoms with E-state index in [-0.39, 0.29) is 6.04 Å². The van der Waals surface area contributed by atoms with Gasteiger partial charge in [-0.2, -0.15) is 0 Å². The van der Waals surface area contributed by atoms with Gasteiger partial charge in [0.15, 0.2) is 0 Å². The van der Waals surface area contributed by atoms with E-state index in [0.29, 0.717) is 6.54 Å². The van der Waals surface area contributed by atoms with Crippen LogP contribution in [0.25, 0.3) is 0 Å². The molecule has 0 fully saturated rings. The third-order valence-electron chi connectivity index (χ3n) is 3.68. The number of anilines is 1. The molecule has 20 heavy (non-hydrogen) atoms. The molecule has 0 aliphatic carbocycles. The summed E-state index contributed by atoms with van der Waals surface area (Å²) in [7, 11) is 2.10. The first-order valence-corrected chi connectivity index (χ1v) is 7.58. The Morgan fingerprint density at radius 3 is 2.50 bits per heavy atom. The lowest BCUT2D eigenvalue weighted by atomic mass is 10.0. The van der Waals surface area contributed by atoms with Crippen LogP contribution in [0.3, 0.4) is 0 Å². The second-order valence-electron chi connectivity index (χ2n) is 5.21. The van der Waals surface area contributed by atoms with Gasteiger partial charge in [0, 0.05) is 23.8 Å². The van der Waals surface area contributed by atoms with Crippen molar-refractivity contribution in [1.82, 2.24) is 0 Å². The van der Waals surface area contributed by atoms with Gasteiger partial charge in [-0.15, -0.1) is 0 Å². The van der Waals surface area contributed by atoms with Crippen LogP contribution in [0.2, 0.25) is 0 Å². The van der Waals surface area contributed by atoms with Crippen LogP contribution in [0.15, 0.2) is 46.9 Å². The molecule has 0 aliphatic heterocycles. The Labute approximate surface area is 129 Å². The van der Waals surface area contributed by atoms with E-state index in [1.54, 1.807) is 0 Å². The van der Waals surface area contributed by atoms with E-state index < -0.39 is 0 Å². The van der Waals surface area contributed by atoms with Gasteiger partial charge in [0.25, 0.3) is 0 Å². The summed E-state index contributed by atoms with van der Waals surface area (Å²) in [4.78, 5) is 2.24. The van der Waals surface area contributed by atoms with E-state index in [1.165, 1.54) is 22.4 Å². The van der Waals surface area contributed by atoms with Crippen LogP contribution < -0.4 is 10.6 Å². The molecule has 1 atom stereocenters. The molecule has 1 unspecified atom stereocenters. The first kappa shape index (κ1) is 15.1. The average Bonchev–Trinajstić information content (AvgIpc) is 2.43. The van der Waals surface area contributed by atoms with Gasteiger partial charge >= 0.3 is 0 Å². The highest BCUT2D eigenvalue weighted by Crippen LogP contribution is 2.28. The highest BCUT2D eigenvalue weighted by atomic mass is 79.9. The van der Waals surface area contributed by atoms with Crippen LogP contribution in [0.5, 0.6) is 0 Å². The van der Waals surface area contributed by atoms with Crippen molar-refractivity contribution in [3.05, 3.63) is 63.6 Å². The third kappa shape index (κ3) is 3.22. The molecule has 0 bridgehead atoms. The largest absolute Gasteiger partial charge is 0.366 e. The zero-order valence-electron chi connectivity index (χ0n) is 12.2. The fourth-order valence-corrected chi connectivity index (χ4v) is 2.76. The molecule has 2 rings (SSSR count). The molecule has 0 amide bonds. The highest BCUT2D eigenvalue weighted by molar-refractivity contribution is 9.10. The molecular weight excluding hydrogens is 312 g/mol. The van der Waals surface area contributed by atoms with Gasteiger partial charge in [-0.1, -0.05) is 40.2 Å². The standard InChI is InChI=1S/C17H21BrN2/c1-12-5-4-6-15(9-12)20(3)17(11-19)14-8-7-13(2)16(18)10-14/h4-10,17H,11,19H2,1-3H3. The molecule has 2 aromatic carbocycles. The maximum atomic E-state index is 6.01. The van der Waals surface area contributed by atoms with E-state index in [2.05, 4.69) is 84.2 Å². The minimum absolute atomic E-state index is 0.175. The maximum absolute atomic E-state index is 6.01. The number of likely N-dealkylation sites (N-methyl/N-ethyl adjacent to an activating group) is 1. The third-order valence-corrected chi connectivity index (χ3v) is 4.53. The molecule has 0 spiro atoms. The Kier molecular flexibility index (Phi) is 4.84. The Hall–Kier alpha value is -1.32. The number of nitrogens with two attached hydrogens (primary N) is 1. The number of aryl methyl sites for hydroxylation is 2. The van der Waals surface area contributed by atoms with Crippen LogP contribution in [0, 0.1) is 13.8 Å². The lowest BCUT2D eigenvalue weighted by Crippen LogP contribution is -2.30. The van der Waals surface area contributed by atoms with Gasteiger partial charge in [-0.25, -0.2) is 0 Å². The number of hydrogen-bond donors (Lipinski definition) is 1. The molecule has 0 saturated heterocycles. The molecule has 0 saturated carbocycles. The van der Waals surface area contributed by atoms with Crippen molar-refractivity contribution in [3.63, 3.8) is 0 Å². The molecule has 106 valence electrons. The van der Waals surface area contributed by atoms with Gasteiger partial charge in [0.05, 0.1) is 6.04 Å². The Morgan fingerprint density at radius 1 is 1.15 bits per heavy atom. The molecule has 0 aliphatic rings. The van der Waals surface area contributed by atoms with E-state index >= 15 is 0 Å². The predicted octanol–water partition coefficient (Wildman–Crippen LogP) is 4.20.